The van der Waals surface area contributed by atoms with Gasteiger partial charge in [-0.3, -0.25) is 4.79 Å². The molecular formula is C36H43N3O4S. The number of unbranched alkanes of at least 4 members (excludes halogenated alkanes) is 1. The molecule has 4 aromatic rings. The van der Waals surface area contributed by atoms with Gasteiger partial charge in [-0.2, -0.15) is 0 Å². The van der Waals surface area contributed by atoms with Crippen LogP contribution in [0.25, 0.3) is 17.2 Å². The van der Waals surface area contributed by atoms with Crippen molar-refractivity contribution in [2.24, 2.45) is 0 Å². The molecule has 0 bridgehead atoms. The van der Waals surface area contributed by atoms with Crippen LogP contribution in [-0.2, 0) is 39.4 Å². The first-order chi connectivity index (χ1) is 21.5. The summed E-state index contributed by atoms with van der Waals surface area (Å²) in [6, 6.07) is 21.5. The summed E-state index contributed by atoms with van der Waals surface area (Å²) >= 11 is -1.20. The zero-order chi connectivity index (χ0) is 31.1. The summed E-state index contributed by atoms with van der Waals surface area (Å²) < 4.78 is 26.3. The van der Waals surface area contributed by atoms with E-state index in [1.807, 2.05) is 34.9 Å². The Kier molecular flexibility index (Phi) is 13.1. The Bertz CT molecular complexity index is 1480. The first-order valence-electron chi connectivity index (χ1n) is 15.4. The second kappa shape index (κ2) is 17.4. The van der Waals surface area contributed by atoms with Crippen LogP contribution in [0.5, 0.6) is 5.75 Å². The molecule has 0 aliphatic rings. The highest BCUT2D eigenvalue weighted by Gasteiger charge is 2.15. The molecule has 232 valence electrons. The third kappa shape index (κ3) is 9.84. The van der Waals surface area contributed by atoms with Crippen molar-refractivity contribution in [3.8, 4) is 16.9 Å². The number of amides is 1. The van der Waals surface area contributed by atoms with E-state index in [-0.39, 0.29) is 5.91 Å². The van der Waals surface area contributed by atoms with Crippen LogP contribution in [0.4, 0.5) is 5.69 Å². The molecule has 1 atom stereocenters. The number of aromatic nitrogens is 2. The number of benzene rings is 3. The summed E-state index contributed by atoms with van der Waals surface area (Å²) in [5, 5.41) is 2.91. The Labute approximate surface area is 264 Å². The number of imidazole rings is 1. The van der Waals surface area contributed by atoms with E-state index in [9.17, 15) is 9.35 Å². The lowest BCUT2D eigenvalue weighted by atomic mass is 9.97. The maximum absolute atomic E-state index is 12.9. The van der Waals surface area contributed by atoms with Crippen molar-refractivity contribution in [3.63, 3.8) is 0 Å². The van der Waals surface area contributed by atoms with Crippen LogP contribution in [0.3, 0.4) is 0 Å². The van der Waals surface area contributed by atoms with Crippen LogP contribution < -0.4 is 10.1 Å². The van der Waals surface area contributed by atoms with Gasteiger partial charge in [0.2, 0.25) is 5.91 Å². The molecule has 0 aliphatic heterocycles. The summed E-state index contributed by atoms with van der Waals surface area (Å²) in [5.74, 6) is 0.989. The van der Waals surface area contributed by atoms with Crippen LogP contribution in [0.1, 0.15) is 56.9 Å². The SMILES string of the molecule is CCCCOCCOc1ccc(-c2ccc(CC)c(/C=C/C(=O)Nc3ccc([S@+]([O-])Cc4cncn4CCC)cc3)c2)cc1. The molecule has 4 rings (SSSR count). The summed E-state index contributed by atoms with van der Waals surface area (Å²) in [7, 11) is 0. The monoisotopic (exact) mass is 613 g/mol. The number of aryl methyl sites for hydroxylation is 2. The minimum Gasteiger partial charge on any atom is -0.611 e. The van der Waals surface area contributed by atoms with E-state index in [1.54, 1.807) is 42.9 Å². The van der Waals surface area contributed by atoms with Crippen molar-refractivity contribution < 1.29 is 18.8 Å². The lowest BCUT2D eigenvalue weighted by molar-refractivity contribution is -0.111. The van der Waals surface area contributed by atoms with Gasteiger partial charge < -0.3 is 23.9 Å². The third-order valence-electron chi connectivity index (χ3n) is 7.19. The van der Waals surface area contributed by atoms with Crippen molar-refractivity contribution in [1.29, 1.82) is 0 Å². The number of ether oxygens (including phenoxy) is 2. The van der Waals surface area contributed by atoms with E-state index in [1.165, 1.54) is 0 Å². The molecule has 7 nitrogen and oxygen atoms in total. The standard InChI is InChI=1S/C36H43N3O4S/c1-4-7-21-42-22-23-43-34-15-10-29(11-16-34)31-9-8-28(6-3)30(24-31)12-19-36(40)38-32-13-17-35(18-14-32)44(41)26-33-25-37-27-39(33)20-5-2/h8-19,24-25,27H,4-7,20-23,26H2,1-3H3,(H,38,40)/b19-12+/t44-/m1/s1. The lowest BCUT2D eigenvalue weighted by Gasteiger charge is -2.12. The number of nitrogens with one attached hydrogen (secondary N) is 1. The molecule has 0 aliphatic carbocycles. The summed E-state index contributed by atoms with van der Waals surface area (Å²) in [6.07, 6.45) is 11.0. The molecule has 1 N–H and O–H groups in total. The van der Waals surface area contributed by atoms with Gasteiger partial charge in [-0.1, -0.05) is 51.5 Å². The van der Waals surface area contributed by atoms with Gasteiger partial charge in [-0.05, 0) is 101 Å². The van der Waals surface area contributed by atoms with E-state index in [2.05, 4.69) is 49.3 Å². The van der Waals surface area contributed by atoms with Gasteiger partial charge in [0.15, 0.2) is 10.6 Å². The number of rotatable bonds is 17. The number of hydrogen-bond donors (Lipinski definition) is 1. The molecule has 1 amide bonds. The van der Waals surface area contributed by atoms with Gasteiger partial charge in [0.25, 0.3) is 0 Å². The molecule has 0 saturated heterocycles. The zero-order valence-corrected chi connectivity index (χ0v) is 26.8. The van der Waals surface area contributed by atoms with Crippen molar-refractivity contribution in [3.05, 3.63) is 102 Å². The minimum atomic E-state index is -1.20. The van der Waals surface area contributed by atoms with E-state index in [0.29, 0.717) is 29.5 Å². The number of anilines is 1. The number of nitrogens with zero attached hydrogens (tertiary/aromatic N) is 2. The van der Waals surface area contributed by atoms with Gasteiger partial charge >= 0.3 is 0 Å². The third-order valence-corrected chi connectivity index (χ3v) is 8.55. The van der Waals surface area contributed by atoms with Crippen LogP contribution in [0.15, 0.2) is 90.2 Å². The maximum atomic E-state index is 12.9. The second-order valence-electron chi connectivity index (χ2n) is 10.5. The van der Waals surface area contributed by atoms with Crippen LogP contribution >= 0.6 is 0 Å². The normalized spacial score (nSPS) is 12.0. The highest BCUT2D eigenvalue weighted by Crippen LogP contribution is 2.26. The smallest absolute Gasteiger partial charge is 0.248 e. The maximum Gasteiger partial charge on any atom is 0.248 e. The predicted octanol–water partition coefficient (Wildman–Crippen LogP) is 7.68. The molecule has 0 radical (unpaired) electrons. The fraction of sp³-hybridized carbons (Fsp3) is 0.333. The molecule has 0 spiro atoms. The van der Waals surface area contributed by atoms with Crippen LogP contribution in [-0.4, -0.2) is 39.8 Å². The zero-order valence-electron chi connectivity index (χ0n) is 26.0. The Balaban J connectivity index is 1.33. The summed E-state index contributed by atoms with van der Waals surface area (Å²) in [4.78, 5) is 17.7. The first-order valence-corrected chi connectivity index (χ1v) is 16.7. The van der Waals surface area contributed by atoms with Gasteiger partial charge in [-0.25, -0.2) is 4.98 Å². The van der Waals surface area contributed by atoms with Gasteiger partial charge in [0, 0.05) is 24.9 Å². The average molecular weight is 614 g/mol. The average Bonchev–Trinajstić information content (AvgIpc) is 3.48. The Hall–Kier alpha value is -3.85. The van der Waals surface area contributed by atoms with Gasteiger partial charge in [0.05, 0.1) is 24.8 Å². The van der Waals surface area contributed by atoms with E-state index < -0.39 is 11.2 Å². The van der Waals surface area contributed by atoms with Crippen molar-refractivity contribution >= 4 is 28.8 Å². The second-order valence-corrected chi connectivity index (χ2v) is 12.0. The fourth-order valence-electron chi connectivity index (χ4n) is 4.73. The van der Waals surface area contributed by atoms with E-state index in [0.717, 1.165) is 72.5 Å². The predicted molar refractivity (Wildman–Crippen MR) is 179 cm³/mol. The van der Waals surface area contributed by atoms with Crippen LogP contribution in [0, 0.1) is 0 Å². The Morgan fingerprint density at radius 2 is 1.73 bits per heavy atom. The molecule has 1 aromatic heterocycles. The molecule has 3 aromatic carbocycles. The highest BCUT2D eigenvalue weighted by atomic mass is 32.2. The number of carbonyl (C=O) groups is 1. The largest absolute Gasteiger partial charge is 0.611 e. The molecule has 8 heteroatoms. The van der Waals surface area contributed by atoms with Gasteiger partial charge in [-0.15, -0.1) is 0 Å². The molecule has 0 saturated carbocycles. The van der Waals surface area contributed by atoms with Gasteiger partial charge in [0.1, 0.15) is 12.4 Å². The van der Waals surface area contributed by atoms with E-state index >= 15 is 0 Å². The van der Waals surface area contributed by atoms with Crippen molar-refractivity contribution in [2.75, 3.05) is 25.1 Å². The summed E-state index contributed by atoms with van der Waals surface area (Å²) in [5.41, 5.74) is 5.90. The van der Waals surface area contributed by atoms with E-state index in [4.69, 9.17) is 9.47 Å². The molecular weight excluding hydrogens is 570 g/mol. The Morgan fingerprint density at radius 3 is 2.45 bits per heavy atom. The molecule has 0 fully saturated rings. The van der Waals surface area contributed by atoms with Crippen molar-refractivity contribution in [1.82, 2.24) is 9.55 Å². The van der Waals surface area contributed by atoms with Crippen LogP contribution in [0.2, 0.25) is 0 Å². The molecule has 44 heavy (non-hydrogen) atoms. The molecule has 1 heterocycles. The summed E-state index contributed by atoms with van der Waals surface area (Å²) in [6.45, 7) is 9.10. The first kappa shape index (κ1) is 33.1. The fourth-order valence-corrected chi connectivity index (χ4v) is 5.85. The molecule has 0 unspecified atom stereocenters. The number of carbonyl (C=O) groups excluding carboxylic acids is 1. The minimum absolute atomic E-state index is 0.227. The number of hydrogen-bond acceptors (Lipinski definition) is 5. The topological polar surface area (TPSA) is 88.4 Å². The quantitative estimate of drug-likeness (QED) is 0.0750. The lowest BCUT2D eigenvalue weighted by Crippen LogP contribution is -2.11. The highest BCUT2D eigenvalue weighted by molar-refractivity contribution is 7.90. The van der Waals surface area contributed by atoms with Crippen molar-refractivity contribution in [2.45, 2.75) is 63.6 Å². The Morgan fingerprint density at radius 1 is 0.955 bits per heavy atom.